The summed E-state index contributed by atoms with van der Waals surface area (Å²) in [6.07, 6.45) is 1.42. The van der Waals surface area contributed by atoms with E-state index in [9.17, 15) is 4.79 Å². The lowest BCUT2D eigenvalue weighted by Gasteiger charge is -2.13. The molecule has 0 atom stereocenters. The molecule has 25 heavy (non-hydrogen) atoms. The zero-order chi connectivity index (χ0) is 18.2. The highest BCUT2D eigenvalue weighted by Gasteiger charge is 2.11. The van der Waals surface area contributed by atoms with Gasteiger partial charge in [0.2, 0.25) is 0 Å². The van der Waals surface area contributed by atoms with Gasteiger partial charge >= 0.3 is 5.97 Å². The van der Waals surface area contributed by atoms with Crippen LogP contribution in [0.4, 0.5) is 0 Å². The van der Waals surface area contributed by atoms with Gasteiger partial charge in [0.15, 0.2) is 11.5 Å². The lowest BCUT2D eigenvalue weighted by atomic mass is 10.1. The van der Waals surface area contributed by atoms with Crippen LogP contribution in [0.5, 0.6) is 11.5 Å². The second kappa shape index (κ2) is 8.19. The van der Waals surface area contributed by atoms with Gasteiger partial charge in [0.1, 0.15) is 24.3 Å². The Bertz CT molecular complexity index is 871. The van der Waals surface area contributed by atoms with E-state index >= 15 is 0 Å². The molecule has 124 valence electrons. The minimum Gasteiger partial charge on any atom is -0.493 e. The smallest absolute Gasteiger partial charge is 0.335 e. The van der Waals surface area contributed by atoms with E-state index in [-0.39, 0.29) is 17.7 Å². The third-order valence-corrected chi connectivity index (χ3v) is 3.35. The number of benzene rings is 2. The molecule has 0 saturated carbocycles. The van der Waals surface area contributed by atoms with Gasteiger partial charge in [-0.05, 0) is 29.8 Å². The van der Waals surface area contributed by atoms with Crippen molar-refractivity contribution in [2.24, 2.45) is 0 Å². The van der Waals surface area contributed by atoms with Gasteiger partial charge in [0.05, 0.1) is 12.7 Å². The van der Waals surface area contributed by atoms with Gasteiger partial charge in [-0.15, -0.1) is 0 Å². The van der Waals surface area contributed by atoms with Gasteiger partial charge in [0, 0.05) is 5.56 Å². The third-order valence-electron chi connectivity index (χ3n) is 3.35. The summed E-state index contributed by atoms with van der Waals surface area (Å²) in [7, 11) is 1.49. The number of para-hydroxylation sites is 1. The first kappa shape index (κ1) is 17.6. The number of methoxy groups -OCH3 is 1. The molecule has 0 aromatic heterocycles. The van der Waals surface area contributed by atoms with Crippen LogP contribution in [0, 0.1) is 22.7 Å². The highest BCUT2D eigenvalue weighted by atomic mass is 16.5. The lowest BCUT2D eigenvalue weighted by molar-refractivity contribution is 0.0697. The average Bonchev–Trinajstić information content (AvgIpc) is 2.64. The van der Waals surface area contributed by atoms with E-state index in [1.807, 2.05) is 0 Å². The predicted molar refractivity (Wildman–Crippen MR) is 89.9 cm³/mol. The maximum Gasteiger partial charge on any atom is 0.335 e. The fourth-order valence-corrected chi connectivity index (χ4v) is 2.11. The zero-order valence-corrected chi connectivity index (χ0v) is 13.4. The predicted octanol–water partition coefficient (Wildman–Crippen LogP) is 3.40. The summed E-state index contributed by atoms with van der Waals surface area (Å²) in [4.78, 5) is 10.9. The van der Waals surface area contributed by atoms with Crippen LogP contribution in [-0.4, -0.2) is 18.2 Å². The van der Waals surface area contributed by atoms with Gasteiger partial charge in [-0.1, -0.05) is 24.3 Å². The van der Waals surface area contributed by atoms with Crippen LogP contribution in [0.3, 0.4) is 0 Å². The van der Waals surface area contributed by atoms with Crippen molar-refractivity contribution in [2.75, 3.05) is 7.11 Å². The summed E-state index contributed by atoms with van der Waals surface area (Å²) in [6.45, 7) is 0.176. The molecule has 2 aromatic carbocycles. The molecule has 2 aromatic rings. The van der Waals surface area contributed by atoms with Crippen LogP contribution >= 0.6 is 0 Å². The van der Waals surface area contributed by atoms with Gasteiger partial charge in [-0.25, -0.2) is 4.79 Å². The molecule has 0 aliphatic heterocycles. The van der Waals surface area contributed by atoms with Crippen LogP contribution in [0.2, 0.25) is 0 Å². The molecule has 0 fully saturated rings. The van der Waals surface area contributed by atoms with Crippen molar-refractivity contribution in [3.05, 3.63) is 64.7 Å². The normalized spacial score (nSPS) is 9.40. The Morgan fingerprint density at radius 3 is 2.40 bits per heavy atom. The number of rotatable bonds is 6. The van der Waals surface area contributed by atoms with Crippen molar-refractivity contribution in [1.29, 1.82) is 10.5 Å². The molecule has 0 aliphatic rings. The number of hydrogen-bond acceptors (Lipinski definition) is 5. The van der Waals surface area contributed by atoms with Crippen molar-refractivity contribution in [2.45, 2.75) is 6.61 Å². The Morgan fingerprint density at radius 2 is 1.84 bits per heavy atom. The van der Waals surface area contributed by atoms with Crippen molar-refractivity contribution >= 4 is 12.0 Å². The molecule has 6 heteroatoms. The summed E-state index contributed by atoms with van der Waals surface area (Å²) in [5.41, 5.74) is 1.45. The summed E-state index contributed by atoms with van der Waals surface area (Å²) >= 11 is 0. The highest BCUT2D eigenvalue weighted by Crippen LogP contribution is 2.33. The number of aromatic carboxylic acids is 1. The number of hydrogen-bond donors (Lipinski definition) is 1. The van der Waals surface area contributed by atoms with E-state index in [4.69, 9.17) is 25.1 Å². The lowest BCUT2D eigenvalue weighted by Crippen LogP contribution is -2.01. The van der Waals surface area contributed by atoms with Crippen molar-refractivity contribution < 1.29 is 19.4 Å². The number of carboxylic acids is 1. The van der Waals surface area contributed by atoms with Crippen LogP contribution in [0.15, 0.2) is 48.0 Å². The summed E-state index contributed by atoms with van der Waals surface area (Å²) < 4.78 is 11.1. The Labute approximate surface area is 144 Å². The molecule has 2 rings (SSSR count). The quantitative estimate of drug-likeness (QED) is 0.812. The first-order chi connectivity index (χ1) is 12.1. The standard InChI is InChI=1S/C19H14N2O4/c1-24-17-4-2-3-16(9-14(10-20)11-21)18(17)25-12-13-5-7-15(8-6-13)19(22)23/h2-9H,12H2,1H3,(H,22,23). The molecule has 0 spiro atoms. The maximum atomic E-state index is 10.9. The summed E-state index contributed by atoms with van der Waals surface area (Å²) in [5, 5.41) is 26.8. The van der Waals surface area contributed by atoms with Gasteiger partial charge < -0.3 is 14.6 Å². The van der Waals surface area contributed by atoms with Gasteiger partial charge in [-0.3, -0.25) is 0 Å². The Morgan fingerprint density at radius 1 is 1.16 bits per heavy atom. The van der Waals surface area contributed by atoms with Crippen molar-refractivity contribution in [3.63, 3.8) is 0 Å². The molecule has 0 amide bonds. The molecular weight excluding hydrogens is 320 g/mol. The molecule has 0 unspecified atom stereocenters. The monoisotopic (exact) mass is 334 g/mol. The topological polar surface area (TPSA) is 103 Å². The minimum absolute atomic E-state index is 0.0519. The number of allylic oxidation sites excluding steroid dienone is 1. The van der Waals surface area contributed by atoms with Crippen molar-refractivity contribution in [3.8, 4) is 23.6 Å². The molecule has 0 bridgehead atoms. The van der Waals surface area contributed by atoms with E-state index < -0.39 is 5.97 Å². The molecule has 6 nitrogen and oxygen atoms in total. The molecule has 0 radical (unpaired) electrons. The fraction of sp³-hybridized carbons (Fsp3) is 0.105. The summed E-state index contributed by atoms with van der Waals surface area (Å²) in [5.74, 6) is -0.133. The second-order valence-electron chi connectivity index (χ2n) is 4.95. The van der Waals surface area contributed by atoms with Gasteiger partial charge in [-0.2, -0.15) is 10.5 Å². The molecular formula is C19H14N2O4. The van der Waals surface area contributed by atoms with Crippen LogP contribution in [0.1, 0.15) is 21.5 Å². The Kier molecular flexibility index (Phi) is 5.76. The summed E-state index contributed by atoms with van der Waals surface area (Å²) in [6, 6.07) is 15.1. The zero-order valence-electron chi connectivity index (χ0n) is 13.4. The number of nitrogens with zero attached hydrogens (tertiary/aromatic N) is 2. The van der Waals surface area contributed by atoms with E-state index in [0.717, 1.165) is 5.56 Å². The largest absolute Gasteiger partial charge is 0.493 e. The van der Waals surface area contributed by atoms with Crippen LogP contribution in [0.25, 0.3) is 6.08 Å². The van der Waals surface area contributed by atoms with Gasteiger partial charge in [0.25, 0.3) is 0 Å². The number of nitriles is 2. The fourth-order valence-electron chi connectivity index (χ4n) is 2.11. The van der Waals surface area contributed by atoms with E-state index in [0.29, 0.717) is 17.1 Å². The average molecular weight is 334 g/mol. The molecule has 0 saturated heterocycles. The van der Waals surface area contributed by atoms with E-state index in [1.165, 1.54) is 25.3 Å². The third kappa shape index (κ3) is 4.37. The molecule has 1 N–H and O–H groups in total. The maximum absolute atomic E-state index is 10.9. The van der Waals surface area contributed by atoms with E-state index in [1.54, 1.807) is 42.5 Å². The minimum atomic E-state index is -0.995. The Hall–Kier alpha value is -3.77. The molecule has 0 heterocycles. The second-order valence-corrected chi connectivity index (χ2v) is 4.95. The number of carboxylic acid groups (broad SMARTS) is 1. The first-order valence-electron chi connectivity index (χ1n) is 7.23. The SMILES string of the molecule is COc1cccc(C=C(C#N)C#N)c1OCc1ccc(C(=O)O)cc1. The molecule has 0 aliphatic carbocycles. The van der Waals surface area contributed by atoms with Crippen molar-refractivity contribution in [1.82, 2.24) is 0 Å². The van der Waals surface area contributed by atoms with Crippen LogP contribution < -0.4 is 9.47 Å². The number of carbonyl (C=O) groups is 1. The first-order valence-corrected chi connectivity index (χ1v) is 7.23. The highest BCUT2D eigenvalue weighted by molar-refractivity contribution is 5.87. The van der Waals surface area contributed by atoms with E-state index in [2.05, 4.69) is 0 Å². The van der Waals surface area contributed by atoms with Crippen LogP contribution in [-0.2, 0) is 6.61 Å². The Balaban J connectivity index is 2.29. The number of ether oxygens (including phenoxy) is 2.